The first kappa shape index (κ1) is 11.4. The fourth-order valence-corrected chi connectivity index (χ4v) is 1.61. The van der Waals surface area contributed by atoms with Gasteiger partial charge in [0.1, 0.15) is 5.82 Å². The number of carboxylic acids is 1. The molecule has 2 heterocycles. The molecule has 0 aliphatic rings. The number of hydrogen-bond acceptors (Lipinski definition) is 4. The standard InChI is InChI=1S/C11H14N4O2/c1-4-7-5-9-12-8(11(16)17)6-10(14(2)3)15(9)13-7/h5-6H,4H2,1-3H3,(H,16,17). The molecule has 6 heteroatoms. The maximum absolute atomic E-state index is 11.0. The van der Waals surface area contributed by atoms with Crippen LogP contribution in [0.1, 0.15) is 23.1 Å². The number of anilines is 1. The zero-order valence-electron chi connectivity index (χ0n) is 10.0. The second-order valence-electron chi connectivity index (χ2n) is 3.96. The highest BCUT2D eigenvalue weighted by Crippen LogP contribution is 2.16. The summed E-state index contributed by atoms with van der Waals surface area (Å²) in [5.41, 5.74) is 1.48. The van der Waals surface area contributed by atoms with Crippen LogP contribution < -0.4 is 4.90 Å². The third-order valence-electron chi connectivity index (χ3n) is 2.50. The second-order valence-corrected chi connectivity index (χ2v) is 3.96. The van der Waals surface area contributed by atoms with Crippen LogP contribution in [0, 0.1) is 0 Å². The summed E-state index contributed by atoms with van der Waals surface area (Å²) in [6.45, 7) is 2.00. The Hall–Kier alpha value is -2.11. The van der Waals surface area contributed by atoms with Gasteiger partial charge in [0, 0.05) is 26.2 Å². The van der Waals surface area contributed by atoms with E-state index in [1.807, 2.05) is 25.9 Å². The molecule has 0 atom stereocenters. The lowest BCUT2D eigenvalue weighted by molar-refractivity contribution is 0.0690. The van der Waals surface area contributed by atoms with Gasteiger partial charge in [-0.25, -0.2) is 9.78 Å². The zero-order chi connectivity index (χ0) is 12.6. The van der Waals surface area contributed by atoms with Crippen LogP contribution in [0.25, 0.3) is 5.65 Å². The van der Waals surface area contributed by atoms with Crippen molar-refractivity contribution in [2.75, 3.05) is 19.0 Å². The van der Waals surface area contributed by atoms with Crippen LogP contribution in [-0.2, 0) is 6.42 Å². The Morgan fingerprint density at radius 1 is 1.47 bits per heavy atom. The van der Waals surface area contributed by atoms with Crippen LogP contribution >= 0.6 is 0 Å². The van der Waals surface area contributed by atoms with Crippen LogP contribution in [0.5, 0.6) is 0 Å². The van der Waals surface area contributed by atoms with Crippen LogP contribution in [0.15, 0.2) is 12.1 Å². The third kappa shape index (κ3) is 1.93. The van der Waals surface area contributed by atoms with Gasteiger partial charge in [0.05, 0.1) is 5.69 Å². The van der Waals surface area contributed by atoms with Crippen molar-refractivity contribution in [1.82, 2.24) is 14.6 Å². The lowest BCUT2D eigenvalue weighted by atomic mass is 10.3. The minimum absolute atomic E-state index is 0.0313. The van der Waals surface area contributed by atoms with Gasteiger partial charge in [-0.3, -0.25) is 0 Å². The minimum Gasteiger partial charge on any atom is -0.477 e. The van der Waals surface area contributed by atoms with Crippen LogP contribution in [0.3, 0.4) is 0 Å². The van der Waals surface area contributed by atoms with Crippen molar-refractivity contribution < 1.29 is 9.90 Å². The molecule has 0 aliphatic carbocycles. The summed E-state index contributed by atoms with van der Waals surface area (Å²) >= 11 is 0. The van der Waals surface area contributed by atoms with E-state index >= 15 is 0 Å². The largest absolute Gasteiger partial charge is 0.477 e. The molecule has 0 fully saturated rings. The van der Waals surface area contributed by atoms with Gasteiger partial charge in [-0.15, -0.1) is 0 Å². The Kier molecular flexibility index (Phi) is 2.71. The fraction of sp³-hybridized carbons (Fsp3) is 0.364. The quantitative estimate of drug-likeness (QED) is 0.859. The fourth-order valence-electron chi connectivity index (χ4n) is 1.61. The number of rotatable bonds is 3. The van der Waals surface area contributed by atoms with Gasteiger partial charge < -0.3 is 10.0 Å². The molecule has 0 amide bonds. The third-order valence-corrected chi connectivity index (χ3v) is 2.50. The van der Waals surface area contributed by atoms with Gasteiger partial charge in [-0.1, -0.05) is 6.92 Å². The van der Waals surface area contributed by atoms with Crippen molar-refractivity contribution >= 4 is 17.4 Å². The Bertz CT molecular complexity index is 574. The van der Waals surface area contributed by atoms with Gasteiger partial charge in [-0.2, -0.15) is 9.61 Å². The lowest BCUT2D eigenvalue weighted by Crippen LogP contribution is -2.16. The average molecular weight is 234 g/mol. The number of hydrogen-bond donors (Lipinski definition) is 1. The van der Waals surface area contributed by atoms with Gasteiger partial charge in [0.25, 0.3) is 0 Å². The van der Waals surface area contributed by atoms with E-state index in [-0.39, 0.29) is 5.69 Å². The number of fused-ring (bicyclic) bond motifs is 1. The Balaban J connectivity index is 2.73. The molecule has 0 saturated heterocycles. The number of aromatic carboxylic acids is 1. The van der Waals surface area contributed by atoms with Crippen molar-refractivity contribution in [1.29, 1.82) is 0 Å². The first-order valence-electron chi connectivity index (χ1n) is 5.33. The molecule has 0 spiro atoms. The van der Waals surface area contributed by atoms with E-state index in [0.717, 1.165) is 12.1 Å². The van der Waals surface area contributed by atoms with Gasteiger partial charge in [0.2, 0.25) is 0 Å². The number of aromatic nitrogens is 3. The highest BCUT2D eigenvalue weighted by molar-refractivity contribution is 5.87. The van der Waals surface area contributed by atoms with E-state index in [1.54, 1.807) is 10.6 Å². The first-order valence-corrected chi connectivity index (χ1v) is 5.33. The van der Waals surface area contributed by atoms with E-state index in [4.69, 9.17) is 5.11 Å². The van der Waals surface area contributed by atoms with Gasteiger partial charge in [0.15, 0.2) is 11.3 Å². The molecule has 0 saturated carbocycles. The molecular formula is C11H14N4O2. The van der Waals surface area contributed by atoms with Gasteiger partial charge >= 0.3 is 5.97 Å². The normalized spacial score (nSPS) is 10.8. The second kappa shape index (κ2) is 4.04. The van der Waals surface area contributed by atoms with Crippen molar-refractivity contribution in [2.24, 2.45) is 0 Å². The Morgan fingerprint density at radius 2 is 2.18 bits per heavy atom. The van der Waals surface area contributed by atoms with E-state index < -0.39 is 5.97 Å². The molecule has 6 nitrogen and oxygen atoms in total. The molecule has 2 aromatic heterocycles. The molecule has 0 radical (unpaired) electrons. The van der Waals surface area contributed by atoms with Crippen molar-refractivity contribution in [3.63, 3.8) is 0 Å². The molecule has 0 aliphatic heterocycles. The Labute approximate surface area is 98.5 Å². The van der Waals surface area contributed by atoms with Gasteiger partial charge in [-0.05, 0) is 6.42 Å². The molecule has 0 unspecified atom stereocenters. The number of aryl methyl sites for hydroxylation is 1. The topological polar surface area (TPSA) is 70.7 Å². The number of carboxylic acid groups (broad SMARTS) is 1. The minimum atomic E-state index is -1.03. The van der Waals surface area contributed by atoms with Crippen LogP contribution in [-0.4, -0.2) is 39.8 Å². The van der Waals surface area contributed by atoms with E-state index in [2.05, 4.69) is 10.1 Å². The Morgan fingerprint density at radius 3 is 2.71 bits per heavy atom. The highest BCUT2D eigenvalue weighted by atomic mass is 16.4. The summed E-state index contributed by atoms with van der Waals surface area (Å²) in [7, 11) is 3.68. The average Bonchev–Trinajstić information content (AvgIpc) is 2.69. The summed E-state index contributed by atoms with van der Waals surface area (Å²) in [6, 6.07) is 3.32. The molecule has 17 heavy (non-hydrogen) atoms. The SMILES string of the molecule is CCc1cc2nc(C(=O)O)cc(N(C)C)n2n1. The molecule has 1 N–H and O–H groups in total. The summed E-state index contributed by atoms with van der Waals surface area (Å²) in [5, 5.41) is 13.4. The predicted octanol–water partition coefficient (Wildman–Crippen LogP) is 1.06. The van der Waals surface area contributed by atoms with Crippen LogP contribution in [0.2, 0.25) is 0 Å². The van der Waals surface area contributed by atoms with E-state index in [9.17, 15) is 4.79 Å². The summed E-state index contributed by atoms with van der Waals surface area (Å²) in [6.07, 6.45) is 0.790. The maximum Gasteiger partial charge on any atom is 0.354 e. The molecule has 90 valence electrons. The summed E-state index contributed by atoms with van der Waals surface area (Å²) in [5.74, 6) is -0.332. The monoisotopic (exact) mass is 234 g/mol. The van der Waals surface area contributed by atoms with E-state index in [1.165, 1.54) is 6.07 Å². The van der Waals surface area contributed by atoms with Crippen LogP contribution in [0.4, 0.5) is 5.82 Å². The number of carbonyl (C=O) groups is 1. The number of nitrogens with zero attached hydrogens (tertiary/aromatic N) is 4. The molecule has 2 rings (SSSR count). The smallest absolute Gasteiger partial charge is 0.354 e. The lowest BCUT2D eigenvalue weighted by Gasteiger charge is -2.14. The first-order chi connectivity index (χ1) is 8.02. The summed E-state index contributed by atoms with van der Waals surface area (Å²) in [4.78, 5) is 16.9. The highest BCUT2D eigenvalue weighted by Gasteiger charge is 2.13. The van der Waals surface area contributed by atoms with Crippen molar-refractivity contribution in [3.05, 3.63) is 23.5 Å². The maximum atomic E-state index is 11.0. The predicted molar refractivity (Wildman–Crippen MR) is 63.7 cm³/mol. The molecule has 2 aromatic rings. The molecule has 0 aromatic carbocycles. The van der Waals surface area contributed by atoms with Crippen molar-refractivity contribution in [2.45, 2.75) is 13.3 Å². The van der Waals surface area contributed by atoms with Crippen molar-refractivity contribution in [3.8, 4) is 0 Å². The zero-order valence-corrected chi connectivity index (χ0v) is 10.0. The molecule has 0 bridgehead atoms. The molecular weight excluding hydrogens is 220 g/mol. The van der Waals surface area contributed by atoms with E-state index in [0.29, 0.717) is 11.5 Å². The summed E-state index contributed by atoms with van der Waals surface area (Å²) < 4.78 is 1.66.